The van der Waals surface area contributed by atoms with Crippen molar-refractivity contribution in [3.63, 3.8) is 0 Å². The first-order valence-electron chi connectivity index (χ1n) is 25.9. The average Bonchev–Trinajstić information content (AvgIpc) is 3.85. The summed E-state index contributed by atoms with van der Waals surface area (Å²) in [5.41, 5.74) is 9.10. The van der Waals surface area contributed by atoms with E-state index in [0.717, 1.165) is 121 Å². The largest absolute Gasteiger partial charge is 0.430 e. The average molecular weight is 997 g/mol. The zero-order chi connectivity index (χ0) is 50.5. The zero-order valence-electron chi connectivity index (χ0n) is 44.8. The van der Waals surface area contributed by atoms with Crippen molar-refractivity contribution >= 4 is 92.1 Å². The van der Waals surface area contributed by atoms with E-state index in [1.54, 1.807) is 0 Å². The van der Waals surface area contributed by atoms with Crippen LogP contribution >= 0.6 is 23.5 Å². The van der Waals surface area contributed by atoms with E-state index in [1.165, 1.54) is 60.1 Å². The Morgan fingerprint density at radius 3 is 1.46 bits per heavy atom. The number of quaternary nitrogens is 2. The van der Waals surface area contributed by atoms with Crippen LogP contribution in [0.4, 0.5) is 34.5 Å². The van der Waals surface area contributed by atoms with Crippen molar-refractivity contribution in [2.24, 2.45) is 0 Å². The smallest absolute Gasteiger partial charge is 0.372 e. The minimum atomic E-state index is 0.902. The SMILES string of the molecule is CCN(CC)c1cc(/C=C2\Sc3ccccc3N2C)c2ccc(N(C)CCC[N+](C)(C)CCC[N+](C)(C)CCCN(C)c3cc(/C=C4\Sc5ccccc5N4C)c4ccc(N(CC)CC)cc4[o+]3)[o+]c2c1. The van der Waals surface area contributed by atoms with E-state index < -0.39 is 0 Å². The molecular formula is C59H80N8O2S2+4. The lowest BCUT2D eigenvalue weighted by Crippen LogP contribution is -2.47. The molecule has 0 fully saturated rings. The third kappa shape index (κ3) is 12.1. The van der Waals surface area contributed by atoms with Crippen LogP contribution in [0.5, 0.6) is 0 Å². The molecule has 0 radical (unpaired) electrons. The first-order valence-corrected chi connectivity index (χ1v) is 27.6. The molecule has 0 atom stereocenters. The van der Waals surface area contributed by atoms with Gasteiger partial charge in [-0.15, -0.1) is 0 Å². The molecule has 376 valence electrons. The summed E-state index contributed by atoms with van der Waals surface area (Å²) < 4.78 is 15.5. The Morgan fingerprint density at radius 1 is 0.507 bits per heavy atom. The highest BCUT2D eigenvalue weighted by molar-refractivity contribution is 8.04. The minimum Gasteiger partial charge on any atom is -0.372 e. The van der Waals surface area contributed by atoms with E-state index in [0.29, 0.717) is 0 Å². The second-order valence-electron chi connectivity index (χ2n) is 20.7. The summed E-state index contributed by atoms with van der Waals surface area (Å²) in [4.78, 5) is 16.6. The monoisotopic (exact) mass is 997 g/mol. The first kappa shape index (κ1) is 51.9. The first-order chi connectivity index (χ1) is 34.1. The molecule has 4 heterocycles. The molecule has 10 nitrogen and oxygen atoms in total. The van der Waals surface area contributed by atoms with Gasteiger partial charge in [0, 0.05) is 113 Å². The molecule has 6 aromatic rings. The van der Waals surface area contributed by atoms with E-state index in [-0.39, 0.29) is 0 Å². The third-order valence-corrected chi connectivity index (χ3v) is 17.0. The van der Waals surface area contributed by atoms with Gasteiger partial charge in [-0.25, -0.2) is 0 Å². The van der Waals surface area contributed by atoms with Gasteiger partial charge in [0.25, 0.3) is 0 Å². The molecule has 0 aliphatic carbocycles. The highest BCUT2D eigenvalue weighted by Crippen LogP contribution is 2.47. The van der Waals surface area contributed by atoms with Crippen LogP contribution in [0.1, 0.15) is 58.1 Å². The van der Waals surface area contributed by atoms with E-state index in [9.17, 15) is 0 Å². The van der Waals surface area contributed by atoms with Crippen molar-refractivity contribution in [3.8, 4) is 0 Å². The molecule has 0 spiro atoms. The lowest BCUT2D eigenvalue weighted by atomic mass is 10.1. The number of fused-ring (bicyclic) bond motifs is 4. The summed E-state index contributed by atoms with van der Waals surface area (Å²) in [7, 11) is 18.2. The summed E-state index contributed by atoms with van der Waals surface area (Å²) >= 11 is 3.66. The molecule has 0 amide bonds. The van der Waals surface area contributed by atoms with Gasteiger partial charge in [-0.2, -0.15) is 8.83 Å². The van der Waals surface area contributed by atoms with Crippen molar-refractivity contribution in [2.75, 3.05) is 151 Å². The number of hydrogen-bond acceptors (Lipinski definition) is 8. The lowest BCUT2D eigenvalue weighted by molar-refractivity contribution is -0.909. The van der Waals surface area contributed by atoms with Crippen LogP contribution in [-0.2, 0) is 0 Å². The number of benzene rings is 4. The van der Waals surface area contributed by atoms with Gasteiger partial charge < -0.3 is 28.6 Å². The molecule has 2 aliphatic heterocycles. The van der Waals surface area contributed by atoms with Crippen LogP contribution in [0.15, 0.2) is 126 Å². The van der Waals surface area contributed by atoms with Gasteiger partial charge in [0.05, 0.1) is 111 Å². The summed E-state index contributed by atoms with van der Waals surface area (Å²) in [5, 5.41) is 4.70. The Balaban J connectivity index is 0.852. The Labute approximate surface area is 434 Å². The number of hydrogen-bond donors (Lipinski definition) is 0. The van der Waals surface area contributed by atoms with Crippen molar-refractivity contribution in [3.05, 3.63) is 118 Å². The predicted octanol–water partition coefficient (Wildman–Crippen LogP) is 13.4. The van der Waals surface area contributed by atoms with Gasteiger partial charge in [-0.1, -0.05) is 47.8 Å². The number of para-hydroxylation sites is 2. The maximum atomic E-state index is 6.76. The van der Waals surface area contributed by atoms with Crippen LogP contribution in [0.2, 0.25) is 0 Å². The Hall–Kier alpha value is -5.40. The van der Waals surface area contributed by atoms with Crippen LogP contribution in [0.3, 0.4) is 0 Å². The van der Waals surface area contributed by atoms with Gasteiger partial charge in [-0.05, 0) is 93.9 Å². The van der Waals surface area contributed by atoms with E-state index >= 15 is 0 Å². The molecule has 0 saturated carbocycles. The number of nitrogens with zero attached hydrogens (tertiary/aromatic N) is 8. The summed E-state index contributed by atoms with van der Waals surface area (Å²) in [6.45, 7) is 19.0. The van der Waals surface area contributed by atoms with Gasteiger partial charge in [0.15, 0.2) is 0 Å². The maximum Gasteiger partial charge on any atom is 0.430 e. The van der Waals surface area contributed by atoms with Gasteiger partial charge in [-0.3, -0.25) is 9.80 Å². The van der Waals surface area contributed by atoms with E-state index in [2.05, 4.69) is 223 Å². The van der Waals surface area contributed by atoms with Crippen LogP contribution in [0.25, 0.3) is 34.1 Å². The number of rotatable bonds is 22. The molecule has 12 heteroatoms. The van der Waals surface area contributed by atoms with E-state index in [1.807, 2.05) is 23.5 Å². The molecule has 0 unspecified atom stereocenters. The molecular weight excluding hydrogens is 917 g/mol. The van der Waals surface area contributed by atoms with Gasteiger partial charge in [0.1, 0.15) is 0 Å². The Kier molecular flexibility index (Phi) is 16.5. The van der Waals surface area contributed by atoms with E-state index in [4.69, 9.17) is 8.83 Å². The van der Waals surface area contributed by atoms with Crippen molar-refractivity contribution in [1.82, 2.24) is 0 Å². The Bertz CT molecular complexity index is 2870. The molecule has 0 bridgehead atoms. The molecule has 2 aromatic heterocycles. The molecule has 0 saturated heterocycles. The van der Waals surface area contributed by atoms with Crippen LogP contribution in [0, 0.1) is 0 Å². The Morgan fingerprint density at radius 2 is 0.944 bits per heavy atom. The zero-order valence-corrected chi connectivity index (χ0v) is 46.4. The molecule has 4 aromatic carbocycles. The predicted molar refractivity (Wildman–Crippen MR) is 310 cm³/mol. The fourth-order valence-electron chi connectivity index (χ4n) is 10.2. The topological polar surface area (TPSA) is 42.0 Å². The molecule has 71 heavy (non-hydrogen) atoms. The summed E-state index contributed by atoms with van der Waals surface area (Å²) in [5.74, 6) is 1.81. The van der Waals surface area contributed by atoms with Crippen molar-refractivity contribution in [1.29, 1.82) is 0 Å². The summed E-state index contributed by atoms with van der Waals surface area (Å²) in [6.07, 6.45) is 8.00. The van der Waals surface area contributed by atoms with Crippen molar-refractivity contribution in [2.45, 2.75) is 56.7 Å². The highest BCUT2D eigenvalue weighted by atomic mass is 32.2. The number of anilines is 6. The molecule has 0 N–H and O–H groups in total. The van der Waals surface area contributed by atoms with Crippen LogP contribution in [-0.4, -0.2) is 131 Å². The fraction of sp³-hybridized carbons (Fsp3) is 0.424. The standard InChI is InChI=1S/C59H80N8O2S2/c1-13-64(14-2)46-28-29-48-45(41-59-63(8)51-25-18-20-27-55(51)71-59)39-57(69-52(48)42-46)61(6)33-22-35-67(11,12)37-23-36-66(9,10)34-21-32-60(5)56-31-30-49-44(38-47(43-53(49)68-56)65(15-3)16-4)40-58-62(7)50-24-17-19-26-54(50)70-58/h17-20,24-31,38-43H,13-16,21-23,32-37H2,1-12H3/q+4/b58-40-,59-41-. The quantitative estimate of drug-likeness (QED) is 0.0485. The van der Waals surface area contributed by atoms with Crippen LogP contribution < -0.4 is 29.4 Å². The maximum absolute atomic E-state index is 6.76. The lowest BCUT2D eigenvalue weighted by Gasteiger charge is -2.34. The second-order valence-corrected chi connectivity index (χ2v) is 22.8. The molecule has 8 rings (SSSR count). The normalized spacial score (nSPS) is 14.8. The van der Waals surface area contributed by atoms with Crippen molar-refractivity contribution < 1.29 is 17.8 Å². The minimum absolute atomic E-state index is 0.902. The third-order valence-electron chi connectivity index (χ3n) is 14.7. The molecule has 2 aliphatic rings. The van der Waals surface area contributed by atoms with Gasteiger partial charge >= 0.3 is 22.9 Å². The summed E-state index contributed by atoms with van der Waals surface area (Å²) in [6, 6.07) is 35.2. The van der Waals surface area contributed by atoms with Gasteiger partial charge in [0.2, 0.25) is 0 Å². The highest BCUT2D eigenvalue weighted by Gasteiger charge is 2.28. The second kappa shape index (κ2) is 22.6. The number of thioether (sulfide) groups is 2. The fourth-order valence-corrected chi connectivity index (χ4v) is 12.4.